The Morgan fingerprint density at radius 2 is 2.00 bits per heavy atom. The Balaban J connectivity index is 2.32. The maximum atomic E-state index is 13.2. The number of aromatic nitrogens is 2. The zero-order valence-corrected chi connectivity index (χ0v) is 11.0. The van der Waals surface area contributed by atoms with Crippen molar-refractivity contribution < 1.29 is 8.78 Å². The second kappa shape index (κ2) is 4.14. The van der Waals surface area contributed by atoms with Gasteiger partial charge in [0.05, 0.1) is 5.69 Å². The van der Waals surface area contributed by atoms with Gasteiger partial charge in [-0.2, -0.15) is 0 Å². The van der Waals surface area contributed by atoms with Crippen LogP contribution in [-0.4, -0.2) is 15.9 Å². The lowest BCUT2D eigenvalue weighted by Crippen LogP contribution is -2.18. The first-order valence-electron chi connectivity index (χ1n) is 6.20. The van der Waals surface area contributed by atoms with E-state index in [1.165, 1.54) is 0 Å². The van der Waals surface area contributed by atoms with Crippen molar-refractivity contribution in [3.8, 4) is 0 Å². The number of nitrogens with zero attached hydrogens (tertiary/aromatic N) is 2. The Kier molecular flexibility index (Phi) is 3.03. The molecule has 0 aliphatic heterocycles. The lowest BCUT2D eigenvalue weighted by molar-refractivity contribution is 0.00753. The fourth-order valence-electron chi connectivity index (χ4n) is 2.22. The van der Waals surface area contributed by atoms with Crippen LogP contribution in [0.2, 0.25) is 0 Å². The molecule has 0 bridgehead atoms. The number of rotatable bonds is 1. The van der Waals surface area contributed by atoms with E-state index in [9.17, 15) is 8.78 Å². The third-order valence-corrected chi connectivity index (χ3v) is 3.30. The first-order valence-corrected chi connectivity index (χ1v) is 6.20. The molecule has 0 saturated heterocycles. The minimum atomic E-state index is -2.58. The molecule has 1 atom stereocenters. The normalized spacial score (nSPS) is 23.3. The molecule has 2 rings (SSSR count). The molecule has 1 saturated carbocycles. The molecule has 1 aliphatic rings. The number of hydrogen-bond donors (Lipinski definition) is 1. The highest BCUT2D eigenvalue weighted by Gasteiger charge is 2.41. The molecule has 1 aromatic heterocycles. The smallest absolute Gasteiger partial charge is 0.248 e. The van der Waals surface area contributed by atoms with Gasteiger partial charge >= 0.3 is 0 Å². The van der Waals surface area contributed by atoms with Crippen LogP contribution in [0.3, 0.4) is 0 Å². The average Bonchev–Trinajstić information content (AvgIpc) is 2.56. The maximum Gasteiger partial charge on any atom is 0.248 e. The van der Waals surface area contributed by atoms with Gasteiger partial charge in [-0.15, -0.1) is 0 Å². The van der Waals surface area contributed by atoms with Crippen molar-refractivity contribution in [1.82, 2.24) is 9.97 Å². The number of halogens is 2. The third kappa shape index (κ3) is 2.76. The Morgan fingerprint density at radius 3 is 2.50 bits per heavy atom. The van der Waals surface area contributed by atoms with Crippen LogP contribution in [0, 0.1) is 0 Å². The van der Waals surface area contributed by atoms with E-state index in [0.717, 1.165) is 5.69 Å². The second-order valence-electron chi connectivity index (χ2n) is 6.08. The fraction of sp³-hybridized carbons (Fsp3) is 0.692. The highest BCUT2D eigenvalue weighted by molar-refractivity contribution is 5.33. The first-order chi connectivity index (χ1) is 8.17. The number of anilines is 1. The summed E-state index contributed by atoms with van der Waals surface area (Å²) in [7, 11) is 0. The van der Waals surface area contributed by atoms with Gasteiger partial charge in [0.15, 0.2) is 0 Å². The van der Waals surface area contributed by atoms with Gasteiger partial charge in [-0.25, -0.2) is 18.7 Å². The van der Waals surface area contributed by atoms with E-state index in [4.69, 9.17) is 5.73 Å². The summed E-state index contributed by atoms with van der Waals surface area (Å²) >= 11 is 0. The largest absolute Gasteiger partial charge is 0.384 e. The summed E-state index contributed by atoms with van der Waals surface area (Å²) in [5, 5.41) is 0. The molecule has 0 radical (unpaired) electrons. The molecule has 18 heavy (non-hydrogen) atoms. The summed E-state index contributed by atoms with van der Waals surface area (Å²) in [6.07, 6.45) is 0.181. The fourth-order valence-corrected chi connectivity index (χ4v) is 2.22. The molecule has 2 N–H and O–H groups in total. The number of nitrogens with two attached hydrogens (primary N) is 1. The van der Waals surface area contributed by atoms with Crippen LogP contribution in [0.5, 0.6) is 0 Å². The van der Waals surface area contributed by atoms with E-state index in [0.29, 0.717) is 18.1 Å². The van der Waals surface area contributed by atoms with Gasteiger partial charge in [0.1, 0.15) is 11.6 Å². The van der Waals surface area contributed by atoms with Crippen molar-refractivity contribution in [2.45, 2.75) is 57.3 Å². The predicted molar refractivity (Wildman–Crippen MR) is 66.7 cm³/mol. The molecule has 1 fully saturated rings. The van der Waals surface area contributed by atoms with Crippen molar-refractivity contribution >= 4 is 5.82 Å². The maximum absolute atomic E-state index is 13.2. The van der Waals surface area contributed by atoms with E-state index in [1.807, 2.05) is 20.8 Å². The van der Waals surface area contributed by atoms with Crippen LogP contribution in [0.15, 0.2) is 6.07 Å². The molecule has 1 unspecified atom stereocenters. The lowest BCUT2D eigenvalue weighted by atomic mass is 9.91. The number of nitrogen functional groups attached to an aromatic ring is 1. The van der Waals surface area contributed by atoms with Gasteiger partial charge in [0, 0.05) is 30.2 Å². The average molecular weight is 255 g/mol. The summed E-state index contributed by atoms with van der Waals surface area (Å²) in [6.45, 7) is 6.05. The number of alkyl halides is 2. The van der Waals surface area contributed by atoms with E-state index in [1.54, 1.807) is 6.07 Å². The quantitative estimate of drug-likeness (QED) is 0.838. The zero-order chi connectivity index (χ0) is 13.6. The molecule has 5 heteroatoms. The number of hydrogen-bond acceptors (Lipinski definition) is 3. The Morgan fingerprint density at radius 1 is 1.33 bits per heavy atom. The lowest BCUT2D eigenvalue weighted by Gasteiger charge is -2.20. The predicted octanol–water partition coefficient (Wildman–Crippen LogP) is 3.26. The van der Waals surface area contributed by atoms with E-state index in [-0.39, 0.29) is 24.2 Å². The van der Waals surface area contributed by atoms with Crippen molar-refractivity contribution in [1.29, 1.82) is 0 Å². The van der Waals surface area contributed by atoms with Gasteiger partial charge in [-0.05, 0) is 6.42 Å². The summed E-state index contributed by atoms with van der Waals surface area (Å²) in [6, 6.07) is 1.72. The van der Waals surface area contributed by atoms with Gasteiger partial charge in [-0.1, -0.05) is 20.8 Å². The molecule has 3 nitrogen and oxygen atoms in total. The van der Waals surface area contributed by atoms with Gasteiger partial charge in [-0.3, -0.25) is 0 Å². The Hall–Kier alpha value is -1.26. The van der Waals surface area contributed by atoms with Crippen molar-refractivity contribution in [2.24, 2.45) is 0 Å². The van der Waals surface area contributed by atoms with Gasteiger partial charge < -0.3 is 5.73 Å². The van der Waals surface area contributed by atoms with Crippen LogP contribution in [0.1, 0.15) is 57.5 Å². The molecular weight excluding hydrogens is 236 g/mol. The van der Waals surface area contributed by atoms with Crippen LogP contribution in [0.25, 0.3) is 0 Å². The monoisotopic (exact) mass is 255 g/mol. The van der Waals surface area contributed by atoms with Crippen molar-refractivity contribution in [2.75, 3.05) is 5.73 Å². The highest BCUT2D eigenvalue weighted by atomic mass is 19.3. The second-order valence-corrected chi connectivity index (χ2v) is 6.08. The molecule has 0 aromatic carbocycles. The molecule has 0 amide bonds. The molecular formula is C13H19F2N3. The van der Waals surface area contributed by atoms with Crippen LogP contribution in [0.4, 0.5) is 14.6 Å². The Labute approximate surface area is 106 Å². The SMILES string of the molecule is CC(C)(C)c1cc(N)nc(C2CCC(F)(F)C2)n1. The van der Waals surface area contributed by atoms with E-state index >= 15 is 0 Å². The van der Waals surface area contributed by atoms with E-state index < -0.39 is 5.92 Å². The summed E-state index contributed by atoms with van der Waals surface area (Å²) < 4.78 is 26.5. The minimum absolute atomic E-state index is 0.0827. The molecule has 1 heterocycles. The standard InChI is InChI=1S/C13H19F2N3/c1-12(2,3)9-6-10(16)18-11(17-9)8-4-5-13(14,15)7-8/h6,8H,4-5,7H2,1-3H3,(H2,16,17,18). The minimum Gasteiger partial charge on any atom is -0.384 e. The van der Waals surface area contributed by atoms with Crippen molar-refractivity contribution in [3.63, 3.8) is 0 Å². The molecule has 1 aromatic rings. The summed E-state index contributed by atoms with van der Waals surface area (Å²) in [5.41, 5.74) is 6.40. The van der Waals surface area contributed by atoms with Gasteiger partial charge in [0.2, 0.25) is 5.92 Å². The summed E-state index contributed by atoms with van der Waals surface area (Å²) in [5.74, 6) is -2.03. The van der Waals surface area contributed by atoms with E-state index in [2.05, 4.69) is 9.97 Å². The van der Waals surface area contributed by atoms with Gasteiger partial charge in [0.25, 0.3) is 0 Å². The summed E-state index contributed by atoms with van der Waals surface area (Å²) in [4.78, 5) is 8.56. The molecule has 0 spiro atoms. The zero-order valence-electron chi connectivity index (χ0n) is 11.0. The highest BCUT2D eigenvalue weighted by Crippen LogP contribution is 2.43. The molecule has 100 valence electrons. The third-order valence-electron chi connectivity index (χ3n) is 3.30. The van der Waals surface area contributed by atoms with Crippen molar-refractivity contribution in [3.05, 3.63) is 17.6 Å². The topological polar surface area (TPSA) is 51.8 Å². The van der Waals surface area contributed by atoms with Crippen LogP contribution >= 0.6 is 0 Å². The molecule has 1 aliphatic carbocycles. The van der Waals surface area contributed by atoms with Crippen LogP contribution < -0.4 is 5.73 Å². The first kappa shape index (κ1) is 13.2. The Bertz CT molecular complexity index is 452. The van der Waals surface area contributed by atoms with Crippen LogP contribution in [-0.2, 0) is 5.41 Å².